The van der Waals surface area contributed by atoms with Crippen LogP contribution in [0.3, 0.4) is 0 Å². The average molecular weight is 204 g/mol. The van der Waals surface area contributed by atoms with Crippen LogP contribution in [-0.2, 0) is 0 Å². The maximum atomic E-state index is 5.70. The molecule has 0 aliphatic rings. The van der Waals surface area contributed by atoms with Crippen molar-refractivity contribution in [2.45, 2.75) is 6.92 Å². The molecule has 15 heavy (non-hydrogen) atoms. The molecule has 0 bridgehead atoms. The Hall–Kier alpha value is -1.97. The van der Waals surface area contributed by atoms with Gasteiger partial charge in [0, 0.05) is 5.56 Å². The van der Waals surface area contributed by atoms with Crippen LogP contribution in [-0.4, -0.2) is 11.8 Å². The van der Waals surface area contributed by atoms with Gasteiger partial charge in [-0.1, -0.05) is 17.3 Å². The van der Waals surface area contributed by atoms with Gasteiger partial charge in [0.25, 0.3) is 0 Å². The molecule has 2 aromatic rings. The quantitative estimate of drug-likeness (QED) is 0.833. The molecule has 4 nitrogen and oxygen atoms in total. The van der Waals surface area contributed by atoms with E-state index in [1.54, 1.807) is 0 Å². The topological polar surface area (TPSA) is 61.3 Å². The third kappa shape index (κ3) is 1.93. The summed E-state index contributed by atoms with van der Waals surface area (Å²) in [5, 5.41) is 3.63. The van der Waals surface area contributed by atoms with Crippen molar-refractivity contribution >= 4 is 5.69 Å². The summed E-state index contributed by atoms with van der Waals surface area (Å²) in [7, 11) is 0. The first-order valence-electron chi connectivity index (χ1n) is 4.74. The lowest BCUT2D eigenvalue weighted by atomic mass is 10.1. The van der Waals surface area contributed by atoms with Crippen molar-refractivity contribution < 1.29 is 9.26 Å². The van der Waals surface area contributed by atoms with Crippen molar-refractivity contribution in [3.05, 3.63) is 30.5 Å². The van der Waals surface area contributed by atoms with Crippen molar-refractivity contribution in [2.24, 2.45) is 0 Å². The van der Waals surface area contributed by atoms with Crippen LogP contribution in [0.1, 0.15) is 6.92 Å². The minimum atomic E-state index is 0.531. The Balaban J connectivity index is 2.37. The number of nitrogens with two attached hydrogens (primary N) is 1. The number of hydrogen-bond acceptors (Lipinski definition) is 4. The maximum absolute atomic E-state index is 5.70. The molecular formula is C11H12N2O2. The van der Waals surface area contributed by atoms with Gasteiger partial charge in [-0.2, -0.15) is 0 Å². The van der Waals surface area contributed by atoms with E-state index in [1.807, 2.05) is 31.2 Å². The van der Waals surface area contributed by atoms with Crippen LogP contribution in [0.5, 0.6) is 5.75 Å². The van der Waals surface area contributed by atoms with E-state index in [2.05, 4.69) is 5.16 Å². The van der Waals surface area contributed by atoms with Gasteiger partial charge in [-0.05, 0) is 19.1 Å². The molecule has 1 aromatic heterocycles. The summed E-state index contributed by atoms with van der Waals surface area (Å²) in [6.45, 7) is 2.57. The Labute approximate surface area is 87.6 Å². The summed E-state index contributed by atoms with van der Waals surface area (Å²) in [6, 6.07) is 7.56. The lowest BCUT2D eigenvalue weighted by molar-refractivity contribution is 0.340. The normalized spacial score (nSPS) is 10.2. The number of hydrogen-bond donors (Lipinski definition) is 1. The molecule has 0 saturated heterocycles. The van der Waals surface area contributed by atoms with Gasteiger partial charge in [-0.15, -0.1) is 0 Å². The highest BCUT2D eigenvalue weighted by atomic mass is 16.5. The molecule has 0 aliphatic heterocycles. The Bertz CT molecular complexity index is 451. The van der Waals surface area contributed by atoms with Gasteiger partial charge >= 0.3 is 0 Å². The summed E-state index contributed by atoms with van der Waals surface area (Å²) in [6.07, 6.45) is 1.49. The van der Waals surface area contributed by atoms with Crippen molar-refractivity contribution in [1.29, 1.82) is 0 Å². The first kappa shape index (κ1) is 9.58. The molecule has 4 heteroatoms. The number of rotatable bonds is 3. The van der Waals surface area contributed by atoms with E-state index in [4.69, 9.17) is 15.0 Å². The molecule has 0 radical (unpaired) electrons. The largest absolute Gasteiger partial charge is 0.494 e. The van der Waals surface area contributed by atoms with E-state index < -0.39 is 0 Å². The maximum Gasteiger partial charge on any atom is 0.189 e. The van der Waals surface area contributed by atoms with E-state index in [-0.39, 0.29) is 0 Å². The molecule has 0 spiro atoms. The molecule has 0 fully saturated rings. The molecule has 1 heterocycles. The highest BCUT2D eigenvalue weighted by Gasteiger charge is 2.08. The van der Waals surface area contributed by atoms with Crippen LogP contribution >= 0.6 is 0 Å². The van der Waals surface area contributed by atoms with E-state index in [0.717, 1.165) is 11.3 Å². The Morgan fingerprint density at radius 1 is 1.47 bits per heavy atom. The SMILES string of the molecule is CCOc1cccc(-c2oncc2N)c1. The minimum absolute atomic E-state index is 0.531. The Kier molecular flexibility index (Phi) is 2.58. The third-order valence-corrected chi connectivity index (χ3v) is 2.01. The van der Waals surface area contributed by atoms with Gasteiger partial charge in [0.1, 0.15) is 11.4 Å². The molecule has 0 unspecified atom stereocenters. The monoisotopic (exact) mass is 204 g/mol. The summed E-state index contributed by atoms with van der Waals surface area (Å²) < 4.78 is 10.4. The van der Waals surface area contributed by atoms with Gasteiger partial charge < -0.3 is 15.0 Å². The van der Waals surface area contributed by atoms with Crippen molar-refractivity contribution in [3.63, 3.8) is 0 Å². The number of aromatic nitrogens is 1. The summed E-state index contributed by atoms with van der Waals surface area (Å²) in [5.74, 6) is 1.38. The molecular weight excluding hydrogens is 192 g/mol. The van der Waals surface area contributed by atoms with Crippen LogP contribution in [0.25, 0.3) is 11.3 Å². The van der Waals surface area contributed by atoms with Crippen molar-refractivity contribution in [1.82, 2.24) is 5.16 Å². The standard InChI is InChI=1S/C11H12N2O2/c1-2-14-9-5-3-4-8(6-9)11-10(12)7-13-15-11/h3-7H,2,12H2,1H3. The molecule has 1 aromatic carbocycles. The molecule has 0 aliphatic carbocycles. The van der Waals surface area contributed by atoms with Crippen molar-refractivity contribution in [3.8, 4) is 17.1 Å². The van der Waals surface area contributed by atoms with E-state index >= 15 is 0 Å². The molecule has 0 saturated carbocycles. The third-order valence-electron chi connectivity index (χ3n) is 2.01. The van der Waals surface area contributed by atoms with Crippen LogP contribution in [0.2, 0.25) is 0 Å². The van der Waals surface area contributed by atoms with Crippen LogP contribution in [0, 0.1) is 0 Å². The molecule has 78 valence electrons. The fraction of sp³-hybridized carbons (Fsp3) is 0.182. The second kappa shape index (κ2) is 4.04. The van der Waals surface area contributed by atoms with Gasteiger partial charge in [0.05, 0.1) is 12.8 Å². The summed E-state index contributed by atoms with van der Waals surface area (Å²) >= 11 is 0. The fourth-order valence-electron chi connectivity index (χ4n) is 1.36. The van der Waals surface area contributed by atoms with Crippen LogP contribution in [0.4, 0.5) is 5.69 Å². The second-order valence-corrected chi connectivity index (χ2v) is 3.07. The molecule has 0 amide bonds. The van der Waals surface area contributed by atoms with E-state index in [1.165, 1.54) is 6.20 Å². The Morgan fingerprint density at radius 3 is 3.00 bits per heavy atom. The van der Waals surface area contributed by atoms with Gasteiger partial charge in [-0.25, -0.2) is 0 Å². The van der Waals surface area contributed by atoms with Crippen LogP contribution < -0.4 is 10.5 Å². The fourth-order valence-corrected chi connectivity index (χ4v) is 1.36. The number of ether oxygens (including phenoxy) is 1. The number of anilines is 1. The van der Waals surface area contributed by atoms with Gasteiger partial charge in [0.2, 0.25) is 0 Å². The Morgan fingerprint density at radius 2 is 2.33 bits per heavy atom. The zero-order valence-corrected chi connectivity index (χ0v) is 8.43. The average Bonchev–Trinajstić information content (AvgIpc) is 2.65. The van der Waals surface area contributed by atoms with E-state index in [0.29, 0.717) is 18.1 Å². The first-order valence-corrected chi connectivity index (χ1v) is 4.74. The lowest BCUT2D eigenvalue weighted by Gasteiger charge is -2.04. The number of nitrogens with zero attached hydrogens (tertiary/aromatic N) is 1. The zero-order chi connectivity index (χ0) is 10.7. The predicted octanol–water partition coefficient (Wildman–Crippen LogP) is 2.32. The zero-order valence-electron chi connectivity index (χ0n) is 8.43. The molecule has 2 N–H and O–H groups in total. The summed E-state index contributed by atoms with van der Waals surface area (Å²) in [4.78, 5) is 0. The predicted molar refractivity (Wildman–Crippen MR) is 57.5 cm³/mol. The highest BCUT2D eigenvalue weighted by Crippen LogP contribution is 2.28. The van der Waals surface area contributed by atoms with Crippen LogP contribution in [0.15, 0.2) is 35.0 Å². The first-order chi connectivity index (χ1) is 7.31. The molecule has 2 rings (SSSR count). The lowest BCUT2D eigenvalue weighted by Crippen LogP contribution is -1.91. The number of nitrogen functional groups attached to an aromatic ring is 1. The van der Waals surface area contributed by atoms with E-state index in [9.17, 15) is 0 Å². The van der Waals surface area contributed by atoms with Gasteiger partial charge in [-0.3, -0.25) is 0 Å². The molecule has 0 atom stereocenters. The number of benzene rings is 1. The minimum Gasteiger partial charge on any atom is -0.494 e. The smallest absolute Gasteiger partial charge is 0.189 e. The summed E-state index contributed by atoms with van der Waals surface area (Å²) in [5.41, 5.74) is 7.10. The highest BCUT2D eigenvalue weighted by molar-refractivity contribution is 5.70. The second-order valence-electron chi connectivity index (χ2n) is 3.07. The van der Waals surface area contributed by atoms with Crippen molar-refractivity contribution in [2.75, 3.05) is 12.3 Å². The van der Waals surface area contributed by atoms with Gasteiger partial charge in [0.15, 0.2) is 5.76 Å².